The molecule has 2 aromatic carbocycles. The maximum Gasteiger partial charge on any atom is 0.255 e. The van der Waals surface area contributed by atoms with Crippen molar-refractivity contribution in [1.29, 1.82) is 0 Å². The van der Waals surface area contributed by atoms with Crippen molar-refractivity contribution >= 4 is 40.6 Å². The zero-order valence-electron chi connectivity index (χ0n) is 15.4. The summed E-state index contributed by atoms with van der Waals surface area (Å²) in [6.45, 7) is 1.97. The lowest BCUT2D eigenvalue weighted by Crippen LogP contribution is -2.15. The molecule has 3 rings (SSSR count). The number of hydrogen-bond donors (Lipinski definition) is 2. The van der Waals surface area contributed by atoms with Crippen molar-refractivity contribution in [2.75, 3.05) is 12.4 Å². The van der Waals surface area contributed by atoms with E-state index in [1.807, 2.05) is 24.4 Å². The quantitative estimate of drug-likeness (QED) is 0.569. The van der Waals surface area contributed by atoms with Gasteiger partial charge in [0.05, 0.1) is 12.8 Å². The van der Waals surface area contributed by atoms with Crippen LogP contribution in [0.15, 0.2) is 52.2 Å². The van der Waals surface area contributed by atoms with E-state index >= 15 is 0 Å². The summed E-state index contributed by atoms with van der Waals surface area (Å²) in [4.78, 5) is 28.4. The summed E-state index contributed by atoms with van der Waals surface area (Å²) < 4.78 is 6.27. The minimum absolute atomic E-state index is 0.292. The topological polar surface area (TPSA) is 94.3 Å². The normalized spacial score (nSPS) is 10.5. The monoisotopic (exact) mass is 413 g/mol. The lowest BCUT2D eigenvalue weighted by Gasteiger charge is -2.11. The molecule has 3 N–H and O–H groups in total. The van der Waals surface area contributed by atoms with Crippen LogP contribution in [0.3, 0.4) is 0 Å². The summed E-state index contributed by atoms with van der Waals surface area (Å²) in [5.74, 6) is 0.360. The molecule has 1 heterocycles. The first-order chi connectivity index (χ1) is 13.5. The number of amides is 2. The highest BCUT2D eigenvalue weighted by atomic mass is 32.2. The third kappa shape index (κ3) is 4.90. The van der Waals surface area contributed by atoms with Crippen molar-refractivity contribution in [3.8, 4) is 5.75 Å². The lowest BCUT2D eigenvalue weighted by molar-refractivity contribution is 0.0996. The molecule has 0 unspecified atom stereocenters. The van der Waals surface area contributed by atoms with Gasteiger partial charge in [-0.1, -0.05) is 23.9 Å². The average molecular weight is 414 g/mol. The van der Waals surface area contributed by atoms with Gasteiger partial charge in [0.2, 0.25) is 5.91 Å². The second kappa shape index (κ2) is 8.90. The van der Waals surface area contributed by atoms with Gasteiger partial charge in [0.1, 0.15) is 10.1 Å². The van der Waals surface area contributed by atoms with Crippen LogP contribution in [0.4, 0.5) is 5.69 Å². The molecule has 2 amide bonds. The van der Waals surface area contributed by atoms with Crippen LogP contribution < -0.4 is 15.8 Å². The van der Waals surface area contributed by atoms with Crippen LogP contribution in [0.25, 0.3) is 0 Å². The highest BCUT2D eigenvalue weighted by Gasteiger charge is 2.12. The molecule has 144 valence electrons. The zero-order chi connectivity index (χ0) is 20.1. The number of hydrogen-bond acceptors (Lipinski definition) is 6. The first-order valence-electron chi connectivity index (χ1n) is 8.39. The molecule has 3 aromatic rings. The van der Waals surface area contributed by atoms with Gasteiger partial charge in [-0.05, 0) is 42.8 Å². The number of primary amides is 1. The van der Waals surface area contributed by atoms with E-state index in [9.17, 15) is 9.59 Å². The van der Waals surface area contributed by atoms with E-state index in [1.165, 1.54) is 13.2 Å². The first kappa shape index (κ1) is 19.9. The number of aromatic nitrogens is 1. The van der Waals surface area contributed by atoms with Gasteiger partial charge in [-0.3, -0.25) is 9.59 Å². The fourth-order valence-electron chi connectivity index (χ4n) is 2.45. The number of carbonyl (C=O) groups is 2. The standard InChI is InChI=1S/C20H19N3O3S2/c1-12-10-27-20(22-12)28-11-13-3-5-14(6-4-13)19(25)23-16-9-15(18(21)24)7-8-17(16)26-2/h3-10H,11H2,1-2H3,(H2,21,24)(H,23,25). The van der Waals surface area contributed by atoms with Gasteiger partial charge >= 0.3 is 0 Å². The first-order valence-corrected chi connectivity index (χ1v) is 10.3. The average Bonchev–Trinajstić information content (AvgIpc) is 3.11. The van der Waals surface area contributed by atoms with E-state index < -0.39 is 5.91 Å². The van der Waals surface area contributed by atoms with Crippen molar-refractivity contribution < 1.29 is 14.3 Å². The molecule has 0 spiro atoms. The Bertz CT molecular complexity index is 1000. The largest absolute Gasteiger partial charge is 0.495 e. The number of thioether (sulfide) groups is 1. The number of nitrogens with zero attached hydrogens (tertiary/aromatic N) is 1. The predicted molar refractivity (Wildman–Crippen MR) is 112 cm³/mol. The SMILES string of the molecule is COc1ccc(C(N)=O)cc1NC(=O)c1ccc(CSc2nc(C)cs2)cc1. The third-order valence-corrected chi connectivity index (χ3v) is 6.12. The minimum Gasteiger partial charge on any atom is -0.495 e. The summed E-state index contributed by atoms with van der Waals surface area (Å²) in [6.07, 6.45) is 0. The second-order valence-corrected chi connectivity index (χ2v) is 8.05. The van der Waals surface area contributed by atoms with Crippen LogP contribution in [-0.4, -0.2) is 23.9 Å². The number of nitrogens with one attached hydrogen (secondary N) is 1. The number of ether oxygens (including phenoxy) is 1. The Morgan fingerprint density at radius 2 is 1.89 bits per heavy atom. The van der Waals surface area contributed by atoms with Crippen molar-refractivity contribution in [2.24, 2.45) is 5.73 Å². The maximum atomic E-state index is 12.6. The van der Waals surface area contributed by atoms with Crippen LogP contribution in [0.2, 0.25) is 0 Å². The van der Waals surface area contributed by atoms with Crippen molar-refractivity contribution in [3.63, 3.8) is 0 Å². The molecule has 0 saturated carbocycles. The smallest absolute Gasteiger partial charge is 0.255 e. The zero-order valence-corrected chi connectivity index (χ0v) is 17.0. The molecule has 0 aliphatic rings. The number of carbonyl (C=O) groups excluding carboxylic acids is 2. The van der Waals surface area contributed by atoms with Gasteiger partial charge in [-0.25, -0.2) is 4.98 Å². The summed E-state index contributed by atoms with van der Waals surface area (Å²) >= 11 is 3.29. The van der Waals surface area contributed by atoms with Crippen LogP contribution in [0, 0.1) is 6.92 Å². The van der Waals surface area contributed by atoms with Crippen LogP contribution in [0.5, 0.6) is 5.75 Å². The van der Waals surface area contributed by atoms with Crippen LogP contribution in [0.1, 0.15) is 32.0 Å². The van der Waals surface area contributed by atoms with Gasteiger partial charge in [-0.2, -0.15) is 0 Å². The van der Waals surface area contributed by atoms with E-state index in [1.54, 1.807) is 47.4 Å². The molecule has 0 fully saturated rings. The molecular weight excluding hydrogens is 394 g/mol. The minimum atomic E-state index is -0.574. The number of aryl methyl sites for hydroxylation is 1. The predicted octanol–water partition coefficient (Wildman–Crippen LogP) is 4.10. The van der Waals surface area contributed by atoms with E-state index in [0.29, 0.717) is 22.6 Å². The summed E-state index contributed by atoms with van der Waals surface area (Å²) in [5, 5.41) is 4.79. The van der Waals surface area contributed by atoms with E-state index in [2.05, 4.69) is 10.3 Å². The van der Waals surface area contributed by atoms with Gasteiger partial charge < -0.3 is 15.8 Å². The highest BCUT2D eigenvalue weighted by molar-refractivity contribution is 8.00. The number of rotatable bonds is 7. The maximum absolute atomic E-state index is 12.6. The Labute approximate surface area is 171 Å². The molecule has 0 aliphatic carbocycles. The molecule has 0 aliphatic heterocycles. The van der Waals surface area contributed by atoms with Gasteiger partial charge in [0, 0.05) is 28.0 Å². The van der Waals surface area contributed by atoms with Gasteiger partial charge in [0.15, 0.2) is 0 Å². The Hall–Kier alpha value is -2.84. The summed E-state index contributed by atoms with van der Waals surface area (Å²) in [6, 6.07) is 12.0. The van der Waals surface area contributed by atoms with E-state index in [-0.39, 0.29) is 5.91 Å². The second-order valence-electron chi connectivity index (χ2n) is 5.97. The number of methoxy groups -OCH3 is 1. The van der Waals surface area contributed by atoms with Crippen LogP contribution in [-0.2, 0) is 5.75 Å². The number of benzene rings is 2. The number of thiazole rings is 1. The molecule has 6 nitrogen and oxygen atoms in total. The lowest BCUT2D eigenvalue weighted by atomic mass is 10.1. The molecule has 1 aromatic heterocycles. The Morgan fingerprint density at radius 1 is 1.18 bits per heavy atom. The number of anilines is 1. The van der Waals surface area contributed by atoms with E-state index in [4.69, 9.17) is 10.5 Å². The van der Waals surface area contributed by atoms with Gasteiger partial charge in [0.25, 0.3) is 5.91 Å². The third-order valence-electron chi connectivity index (χ3n) is 3.91. The van der Waals surface area contributed by atoms with Crippen molar-refractivity contribution in [2.45, 2.75) is 17.0 Å². The molecular formula is C20H19N3O3S2. The Morgan fingerprint density at radius 3 is 2.50 bits per heavy atom. The van der Waals surface area contributed by atoms with E-state index in [0.717, 1.165) is 21.3 Å². The Kier molecular flexibility index (Phi) is 6.33. The van der Waals surface area contributed by atoms with Crippen molar-refractivity contribution in [1.82, 2.24) is 4.98 Å². The molecule has 0 saturated heterocycles. The number of nitrogens with two attached hydrogens (primary N) is 1. The molecule has 0 radical (unpaired) electrons. The van der Waals surface area contributed by atoms with Crippen LogP contribution >= 0.6 is 23.1 Å². The molecule has 0 atom stereocenters. The molecule has 0 bridgehead atoms. The fraction of sp³-hybridized carbons (Fsp3) is 0.150. The van der Waals surface area contributed by atoms with Gasteiger partial charge in [-0.15, -0.1) is 11.3 Å². The Balaban J connectivity index is 1.67. The summed E-state index contributed by atoms with van der Waals surface area (Å²) in [5.41, 5.74) is 8.62. The molecule has 8 heteroatoms. The molecule has 28 heavy (non-hydrogen) atoms. The van der Waals surface area contributed by atoms with Crippen molar-refractivity contribution in [3.05, 3.63) is 70.2 Å². The summed E-state index contributed by atoms with van der Waals surface area (Å²) in [7, 11) is 1.49. The fourth-order valence-corrected chi connectivity index (χ4v) is 4.25. The highest BCUT2D eigenvalue weighted by Crippen LogP contribution is 2.27.